The fourth-order valence-corrected chi connectivity index (χ4v) is 2.69. The van der Waals surface area contributed by atoms with Crippen molar-refractivity contribution in [2.45, 2.75) is 51.2 Å². The van der Waals surface area contributed by atoms with E-state index in [0.717, 1.165) is 18.5 Å². The van der Waals surface area contributed by atoms with Crippen LogP contribution in [0.1, 0.15) is 44.7 Å². The molecule has 2 N–H and O–H groups in total. The number of likely N-dealkylation sites (N-methyl/N-ethyl adjacent to an activating group) is 1. The molecule has 0 bridgehead atoms. The summed E-state index contributed by atoms with van der Waals surface area (Å²) in [7, 11) is 0. The first-order chi connectivity index (χ1) is 8.67. The molecule has 1 aliphatic carbocycles. The third-order valence-corrected chi connectivity index (χ3v) is 3.81. The first-order valence-electron chi connectivity index (χ1n) is 6.94. The molecule has 2 rings (SSSR count). The zero-order valence-corrected chi connectivity index (χ0v) is 11.3. The Bertz CT molecular complexity index is 390. The van der Waals surface area contributed by atoms with Gasteiger partial charge in [0.1, 0.15) is 5.82 Å². The average Bonchev–Trinajstić information content (AvgIpc) is 3.19. The minimum absolute atomic E-state index is 0.0624. The van der Waals surface area contributed by atoms with E-state index in [-0.39, 0.29) is 17.9 Å². The summed E-state index contributed by atoms with van der Waals surface area (Å²) in [4.78, 5) is 2.43. The molecule has 0 aliphatic heterocycles. The summed E-state index contributed by atoms with van der Waals surface area (Å²) in [6.45, 7) is 5.23. The monoisotopic (exact) mass is 250 g/mol. The fraction of sp³-hybridized carbons (Fsp3) is 0.600. The molecule has 0 aromatic heterocycles. The van der Waals surface area contributed by atoms with Gasteiger partial charge >= 0.3 is 0 Å². The second kappa shape index (κ2) is 5.81. The molecule has 2 nitrogen and oxygen atoms in total. The van der Waals surface area contributed by atoms with Gasteiger partial charge in [-0.2, -0.15) is 0 Å². The molecule has 0 amide bonds. The van der Waals surface area contributed by atoms with Crippen molar-refractivity contribution >= 4 is 0 Å². The number of rotatable bonds is 6. The highest BCUT2D eigenvalue weighted by Gasteiger charge is 2.35. The van der Waals surface area contributed by atoms with E-state index in [0.29, 0.717) is 6.04 Å². The zero-order valence-electron chi connectivity index (χ0n) is 11.3. The molecule has 1 saturated carbocycles. The summed E-state index contributed by atoms with van der Waals surface area (Å²) in [5.74, 6) is -0.173. The molecule has 18 heavy (non-hydrogen) atoms. The van der Waals surface area contributed by atoms with Crippen LogP contribution in [0, 0.1) is 5.82 Å². The zero-order chi connectivity index (χ0) is 13.1. The number of halogens is 1. The highest BCUT2D eigenvalue weighted by Crippen LogP contribution is 2.36. The van der Waals surface area contributed by atoms with Crippen LogP contribution < -0.4 is 5.73 Å². The Labute approximate surface area is 109 Å². The van der Waals surface area contributed by atoms with Crippen molar-refractivity contribution < 1.29 is 4.39 Å². The highest BCUT2D eigenvalue weighted by molar-refractivity contribution is 5.22. The Morgan fingerprint density at radius 3 is 2.61 bits per heavy atom. The minimum atomic E-state index is -0.173. The van der Waals surface area contributed by atoms with Crippen LogP contribution in [0.25, 0.3) is 0 Å². The lowest BCUT2D eigenvalue weighted by Crippen LogP contribution is -2.42. The molecule has 1 fully saturated rings. The Hall–Kier alpha value is -0.930. The molecule has 3 heteroatoms. The summed E-state index contributed by atoms with van der Waals surface area (Å²) in [5, 5.41) is 0. The lowest BCUT2D eigenvalue weighted by atomic mass is 9.96. The molecule has 1 aliphatic rings. The maximum atomic E-state index is 13.4. The number of nitrogens with zero attached hydrogens (tertiary/aromatic N) is 1. The maximum absolute atomic E-state index is 13.4. The van der Waals surface area contributed by atoms with Crippen LogP contribution in [0.15, 0.2) is 24.3 Å². The molecule has 0 heterocycles. The predicted molar refractivity (Wildman–Crippen MR) is 72.8 cm³/mol. The smallest absolute Gasteiger partial charge is 0.123 e. The van der Waals surface area contributed by atoms with E-state index in [1.54, 1.807) is 12.1 Å². The fourth-order valence-electron chi connectivity index (χ4n) is 2.69. The van der Waals surface area contributed by atoms with Crippen LogP contribution >= 0.6 is 0 Å². The van der Waals surface area contributed by atoms with Crippen molar-refractivity contribution in [3.05, 3.63) is 35.6 Å². The largest absolute Gasteiger partial charge is 0.326 e. The van der Waals surface area contributed by atoms with E-state index in [9.17, 15) is 4.39 Å². The van der Waals surface area contributed by atoms with E-state index >= 15 is 0 Å². The topological polar surface area (TPSA) is 29.3 Å². The van der Waals surface area contributed by atoms with Gasteiger partial charge in [0.2, 0.25) is 0 Å². The van der Waals surface area contributed by atoms with Gasteiger partial charge in [-0.3, -0.25) is 4.90 Å². The Morgan fingerprint density at radius 2 is 2.11 bits per heavy atom. The third-order valence-electron chi connectivity index (χ3n) is 3.81. The van der Waals surface area contributed by atoms with Gasteiger partial charge in [0.25, 0.3) is 0 Å². The molecule has 1 aromatic carbocycles. The number of hydrogen-bond donors (Lipinski definition) is 1. The van der Waals surface area contributed by atoms with Gasteiger partial charge in [0.15, 0.2) is 0 Å². The summed E-state index contributed by atoms with van der Waals surface area (Å²) < 4.78 is 13.4. The lowest BCUT2D eigenvalue weighted by molar-refractivity contribution is 0.168. The van der Waals surface area contributed by atoms with Crippen molar-refractivity contribution in [1.82, 2.24) is 4.90 Å². The van der Waals surface area contributed by atoms with Gasteiger partial charge in [-0.15, -0.1) is 0 Å². The van der Waals surface area contributed by atoms with Crippen molar-refractivity contribution in [1.29, 1.82) is 0 Å². The molecule has 0 saturated heterocycles. The van der Waals surface area contributed by atoms with Crippen molar-refractivity contribution in [3.63, 3.8) is 0 Å². The lowest BCUT2D eigenvalue weighted by Gasteiger charge is -2.35. The molecular formula is C15H23FN2. The summed E-state index contributed by atoms with van der Waals surface area (Å²) >= 11 is 0. The van der Waals surface area contributed by atoms with Crippen molar-refractivity contribution in [2.75, 3.05) is 6.54 Å². The van der Waals surface area contributed by atoms with E-state index in [4.69, 9.17) is 5.73 Å². The first-order valence-corrected chi connectivity index (χ1v) is 6.94. The van der Waals surface area contributed by atoms with E-state index in [1.807, 2.05) is 6.07 Å². The minimum Gasteiger partial charge on any atom is -0.326 e. The Kier molecular flexibility index (Phi) is 4.36. The predicted octanol–water partition coefficient (Wildman–Crippen LogP) is 3.09. The SMILES string of the molecule is CCC(N)C(c1cccc(F)c1)N(CC)C1CC1. The normalized spacial score (nSPS) is 18.9. The highest BCUT2D eigenvalue weighted by atomic mass is 19.1. The number of hydrogen-bond acceptors (Lipinski definition) is 2. The Morgan fingerprint density at radius 1 is 1.39 bits per heavy atom. The molecule has 0 spiro atoms. The molecule has 2 unspecified atom stereocenters. The summed E-state index contributed by atoms with van der Waals surface area (Å²) in [6, 6.07) is 7.74. The first kappa shape index (κ1) is 13.5. The number of benzene rings is 1. The average molecular weight is 250 g/mol. The van der Waals surface area contributed by atoms with Gasteiger partial charge in [-0.05, 0) is 43.5 Å². The van der Waals surface area contributed by atoms with Gasteiger partial charge in [-0.25, -0.2) is 4.39 Å². The van der Waals surface area contributed by atoms with E-state index in [2.05, 4.69) is 18.7 Å². The summed E-state index contributed by atoms with van der Waals surface area (Å²) in [5.41, 5.74) is 7.29. The molecule has 100 valence electrons. The van der Waals surface area contributed by atoms with Crippen molar-refractivity contribution in [2.24, 2.45) is 5.73 Å². The van der Waals surface area contributed by atoms with Crippen molar-refractivity contribution in [3.8, 4) is 0 Å². The van der Waals surface area contributed by atoms with Crippen LogP contribution in [0.3, 0.4) is 0 Å². The maximum Gasteiger partial charge on any atom is 0.123 e. The molecule has 2 atom stereocenters. The van der Waals surface area contributed by atoms with Gasteiger partial charge in [-0.1, -0.05) is 26.0 Å². The molecular weight excluding hydrogens is 227 g/mol. The second-order valence-electron chi connectivity index (χ2n) is 5.13. The standard InChI is InChI=1S/C15H23FN2/c1-3-14(17)15(18(4-2)13-8-9-13)11-6-5-7-12(16)10-11/h5-7,10,13-15H,3-4,8-9,17H2,1-2H3. The molecule has 1 aromatic rings. The van der Waals surface area contributed by atoms with Crippen LogP contribution in [0.4, 0.5) is 4.39 Å². The van der Waals surface area contributed by atoms with E-state index in [1.165, 1.54) is 18.9 Å². The van der Waals surface area contributed by atoms with Crippen LogP contribution in [-0.4, -0.2) is 23.5 Å². The van der Waals surface area contributed by atoms with Crippen LogP contribution in [0.5, 0.6) is 0 Å². The molecule has 0 radical (unpaired) electrons. The quantitative estimate of drug-likeness (QED) is 0.840. The van der Waals surface area contributed by atoms with E-state index < -0.39 is 0 Å². The Balaban J connectivity index is 2.29. The second-order valence-corrected chi connectivity index (χ2v) is 5.13. The van der Waals surface area contributed by atoms with Gasteiger partial charge < -0.3 is 5.73 Å². The van der Waals surface area contributed by atoms with Crippen LogP contribution in [0.2, 0.25) is 0 Å². The van der Waals surface area contributed by atoms with Gasteiger partial charge in [0.05, 0.1) is 6.04 Å². The van der Waals surface area contributed by atoms with Gasteiger partial charge in [0, 0.05) is 12.1 Å². The summed E-state index contributed by atoms with van der Waals surface area (Å²) in [6.07, 6.45) is 3.40. The number of nitrogens with two attached hydrogens (primary N) is 1. The third kappa shape index (κ3) is 2.90. The van der Waals surface area contributed by atoms with Crippen LogP contribution in [-0.2, 0) is 0 Å².